The number of azo groups is 2. The van der Waals surface area contributed by atoms with Crippen molar-refractivity contribution < 1.29 is 55.5 Å². The second-order valence-electron chi connectivity index (χ2n) is 15.4. The zero-order valence-electron chi connectivity index (χ0n) is 38.7. The van der Waals surface area contributed by atoms with Crippen LogP contribution in [0.2, 0.25) is 10.0 Å². The van der Waals surface area contributed by atoms with E-state index in [1.165, 1.54) is 45.4 Å². The van der Waals surface area contributed by atoms with E-state index in [1.807, 2.05) is 0 Å². The number of carbonyl (C=O) groups is 1. The number of ether oxygens (including phenoxy) is 2. The summed E-state index contributed by atoms with van der Waals surface area (Å²) >= 11 is 12.4. The molecule has 73 heavy (non-hydrogen) atoms. The molecule has 8 aromatic carbocycles. The Morgan fingerprint density at radius 1 is 0.603 bits per heavy atom. The van der Waals surface area contributed by atoms with Crippen molar-refractivity contribution in [3.63, 3.8) is 0 Å². The summed E-state index contributed by atoms with van der Waals surface area (Å²) in [5.41, 5.74) is 1.20. The first-order valence-electron chi connectivity index (χ1n) is 20.9. The average molecular weight is 1190 g/mol. The molecular weight excluding hydrogens is 1150 g/mol. The van der Waals surface area contributed by atoms with E-state index in [-0.39, 0.29) is 103 Å². The molecule has 18 nitrogen and oxygen atoms in total. The molecule has 8 rings (SSSR count). The van der Waals surface area contributed by atoms with Gasteiger partial charge >= 0.3 is 48.9 Å². The van der Waals surface area contributed by atoms with Crippen LogP contribution in [0.5, 0.6) is 23.0 Å². The Morgan fingerprint density at radius 2 is 1.04 bits per heavy atom. The van der Waals surface area contributed by atoms with E-state index in [0.717, 1.165) is 12.1 Å². The quantitative estimate of drug-likeness (QED) is 0.0292. The maximum absolute atomic E-state index is 13.3. The van der Waals surface area contributed by atoms with E-state index in [2.05, 4.69) is 30.8 Å². The van der Waals surface area contributed by atoms with Crippen LogP contribution in [0.15, 0.2) is 169 Å². The number of halogens is 2. The molecule has 0 fully saturated rings. The third-order valence-electron chi connectivity index (χ3n) is 10.7. The van der Waals surface area contributed by atoms with Crippen LogP contribution in [-0.4, -0.2) is 106 Å². The van der Waals surface area contributed by atoms with E-state index in [4.69, 9.17) is 32.7 Å². The molecule has 23 heteroatoms. The molecule has 0 atom stereocenters. The Kier molecular flexibility index (Phi) is 18.1. The van der Waals surface area contributed by atoms with Crippen LogP contribution in [0.3, 0.4) is 0 Å². The van der Waals surface area contributed by atoms with Crippen molar-refractivity contribution in [2.45, 2.75) is 23.6 Å². The zero-order valence-corrected chi connectivity index (χ0v) is 46.3. The molecule has 0 heterocycles. The van der Waals surface area contributed by atoms with E-state index in [9.17, 15) is 46.1 Å². The first kappa shape index (κ1) is 55.9. The molecule has 368 valence electrons. The fourth-order valence-electron chi connectivity index (χ4n) is 7.15. The van der Waals surface area contributed by atoms with Crippen LogP contribution in [0.25, 0.3) is 21.5 Å². The molecule has 0 aliphatic heterocycles. The van der Waals surface area contributed by atoms with Crippen molar-refractivity contribution in [1.82, 2.24) is 0 Å². The monoisotopic (exact) mass is 1190 g/mol. The van der Waals surface area contributed by atoms with Crippen LogP contribution in [0, 0.1) is 13.8 Å². The minimum Gasteiger partial charge on any atom is -0.871 e. The number of aryl methyl sites for hydroxylation is 2. The summed E-state index contributed by atoms with van der Waals surface area (Å²) in [7, 11) is -6.02. The fraction of sp³-hybridized carbons (Fsp3) is 0.0800. The summed E-state index contributed by atoms with van der Waals surface area (Å²) < 4.78 is 74.9. The number of rotatable bonds is 12. The van der Waals surface area contributed by atoms with Crippen molar-refractivity contribution in [2.75, 3.05) is 19.5 Å². The number of methoxy groups -OCH3 is 2. The Morgan fingerprint density at radius 3 is 1.56 bits per heavy atom. The number of nitrogens with one attached hydrogen (secondary N) is 1. The molecule has 1 amide bonds. The van der Waals surface area contributed by atoms with E-state index in [1.54, 1.807) is 104 Å². The van der Waals surface area contributed by atoms with Gasteiger partial charge in [-0.05, 0) is 108 Å². The molecule has 0 unspecified atom stereocenters. The SMILES string of the molecule is COc1ccccc1N=C([O-])c1cc2ccccc2c(N=Nc2c(C)cc(S(=O)(=O)O)cc2Cl)c1[O-].COc1ccccc1NC(=O)c1cc2ccccc2c(N=Nc2c(C)cc(S(=O)(=O)O)cc2Cl)c1O.[Ba+2]. The Bertz CT molecular complexity index is 3740. The summed E-state index contributed by atoms with van der Waals surface area (Å²) in [5, 5.41) is 58.6. The minimum absolute atomic E-state index is 0. The van der Waals surface area contributed by atoms with Gasteiger partial charge in [-0.15, -0.1) is 15.3 Å². The van der Waals surface area contributed by atoms with Crippen LogP contribution in [0.1, 0.15) is 27.0 Å². The number of anilines is 1. The number of para-hydroxylation sites is 4. The molecule has 0 aliphatic carbocycles. The first-order valence-corrected chi connectivity index (χ1v) is 24.5. The summed E-state index contributed by atoms with van der Waals surface area (Å²) in [6.45, 7) is 3.07. The van der Waals surface area contributed by atoms with E-state index >= 15 is 0 Å². The Hall–Kier alpha value is -6.41. The molecule has 4 N–H and O–H groups in total. The summed E-state index contributed by atoms with van der Waals surface area (Å²) in [5.74, 6) is -1.65. The maximum Gasteiger partial charge on any atom is 2.00 e. The standard InChI is InChI=1S/2C25H20ClN3O6S.Ba/c2*1-14-11-16(36(32,33)34)13-19(26)22(14)28-29-23-17-8-4-3-7-15(17)12-18(24(23)30)25(31)27-20-9-5-6-10-21(20)35-2;/h2*3-13,30H,1-2H3,(H,27,31)(H,32,33,34);/q;;+2/p-2. The number of carbonyl (C=O) groups excluding carboxylic acids is 1. The molecule has 0 saturated heterocycles. The molecular formula is C50H38BaCl2N6O12S2. The summed E-state index contributed by atoms with van der Waals surface area (Å²) in [6, 6.07) is 34.7. The fourth-order valence-corrected chi connectivity index (χ4v) is 9.07. The van der Waals surface area contributed by atoms with Gasteiger partial charge in [0.25, 0.3) is 26.1 Å². The van der Waals surface area contributed by atoms with Crippen molar-refractivity contribution in [3.8, 4) is 23.0 Å². The van der Waals surface area contributed by atoms with Crippen molar-refractivity contribution >= 4 is 160 Å². The molecule has 8 aromatic rings. The largest absolute Gasteiger partial charge is 2.00 e. The number of benzene rings is 8. The van der Waals surface area contributed by atoms with E-state index < -0.39 is 48.4 Å². The van der Waals surface area contributed by atoms with Gasteiger partial charge in [0.05, 0.1) is 51.0 Å². The normalized spacial score (nSPS) is 11.9. The third-order valence-corrected chi connectivity index (χ3v) is 12.9. The molecule has 0 aliphatic rings. The van der Waals surface area contributed by atoms with Gasteiger partial charge in [0.1, 0.15) is 34.2 Å². The number of nitrogens with zero attached hydrogens (tertiary/aromatic N) is 5. The van der Waals surface area contributed by atoms with Crippen LogP contribution in [0.4, 0.5) is 34.1 Å². The molecule has 0 saturated carbocycles. The van der Waals surface area contributed by atoms with E-state index in [0.29, 0.717) is 49.9 Å². The minimum atomic E-state index is -4.48. The molecule has 0 radical (unpaired) electrons. The number of phenolic OH excluding ortho intramolecular Hbond substituents is 1. The van der Waals surface area contributed by atoms with Gasteiger partial charge in [-0.2, -0.15) is 21.9 Å². The van der Waals surface area contributed by atoms with Gasteiger partial charge in [-0.1, -0.05) is 102 Å². The van der Waals surface area contributed by atoms with Crippen LogP contribution >= 0.6 is 23.2 Å². The Balaban J connectivity index is 0.000000235. The van der Waals surface area contributed by atoms with Crippen molar-refractivity contribution in [3.05, 3.63) is 166 Å². The number of aliphatic imine (C=N–C) groups is 1. The predicted molar refractivity (Wildman–Crippen MR) is 275 cm³/mol. The zero-order chi connectivity index (χ0) is 52.1. The van der Waals surface area contributed by atoms with Gasteiger partial charge in [0, 0.05) is 10.8 Å². The van der Waals surface area contributed by atoms with Crippen molar-refractivity contribution in [1.29, 1.82) is 0 Å². The first-order chi connectivity index (χ1) is 34.2. The number of fused-ring (bicyclic) bond motifs is 2. The van der Waals surface area contributed by atoms with Crippen LogP contribution in [-0.2, 0) is 20.2 Å². The van der Waals surface area contributed by atoms with Gasteiger partial charge in [0.2, 0.25) is 0 Å². The van der Waals surface area contributed by atoms with Gasteiger partial charge < -0.3 is 30.1 Å². The number of phenols is 1. The second kappa shape index (κ2) is 23.6. The second-order valence-corrected chi connectivity index (χ2v) is 19.1. The average Bonchev–Trinajstić information content (AvgIpc) is 3.34. The van der Waals surface area contributed by atoms with Gasteiger partial charge in [-0.3, -0.25) is 18.9 Å². The van der Waals surface area contributed by atoms with Gasteiger partial charge in [0.15, 0.2) is 5.75 Å². The number of hydrogen-bond acceptors (Lipinski definition) is 15. The molecule has 0 aromatic heterocycles. The number of aromatic hydroxyl groups is 1. The molecule has 0 spiro atoms. The van der Waals surface area contributed by atoms with Crippen LogP contribution < -0.4 is 25.0 Å². The maximum atomic E-state index is 13.3. The summed E-state index contributed by atoms with van der Waals surface area (Å²) in [6.07, 6.45) is 0. The van der Waals surface area contributed by atoms with Gasteiger partial charge in [-0.25, -0.2) is 0 Å². The number of amides is 1. The summed E-state index contributed by atoms with van der Waals surface area (Å²) in [4.78, 5) is 16.4. The smallest absolute Gasteiger partial charge is 0.871 e. The van der Waals surface area contributed by atoms with Crippen molar-refractivity contribution in [2.24, 2.45) is 25.4 Å². The topological polar surface area (TPSA) is 284 Å². The Labute approximate surface area is 468 Å². The third kappa shape index (κ3) is 12.9. The predicted octanol–water partition coefficient (Wildman–Crippen LogP) is 11.0. The number of hydrogen-bond donors (Lipinski definition) is 4. The molecule has 0 bridgehead atoms.